The molecule has 0 atom stereocenters. The third-order valence-corrected chi connectivity index (χ3v) is 6.05. The molecule has 0 spiro atoms. The fourth-order valence-electron chi connectivity index (χ4n) is 3.96. The van der Waals surface area contributed by atoms with E-state index in [1.165, 1.54) is 5.56 Å². The average Bonchev–Trinajstić information content (AvgIpc) is 2.80. The van der Waals surface area contributed by atoms with Crippen molar-refractivity contribution in [1.29, 1.82) is 0 Å². The molecule has 4 rings (SSSR count). The molecule has 0 aliphatic carbocycles. The molecule has 6 nitrogen and oxygen atoms in total. The van der Waals surface area contributed by atoms with Crippen LogP contribution >= 0.6 is 11.6 Å². The normalized spacial score (nSPS) is 15.2. The molecule has 2 aromatic carbocycles. The number of benzene rings is 2. The van der Waals surface area contributed by atoms with E-state index in [1.807, 2.05) is 42.5 Å². The van der Waals surface area contributed by atoms with Gasteiger partial charge >= 0.3 is 5.97 Å². The molecule has 1 aromatic heterocycles. The fourth-order valence-corrected chi connectivity index (χ4v) is 4.15. The minimum atomic E-state index is -0.496. The molecular weight excluding hydrogens is 412 g/mol. The number of likely N-dealkylation sites (tertiary alicyclic amines) is 1. The molecule has 0 radical (unpaired) electrons. The van der Waals surface area contributed by atoms with E-state index in [1.54, 1.807) is 6.92 Å². The van der Waals surface area contributed by atoms with Crippen LogP contribution in [0.2, 0.25) is 5.02 Å². The van der Waals surface area contributed by atoms with Gasteiger partial charge in [-0.15, -0.1) is 0 Å². The molecule has 31 heavy (non-hydrogen) atoms. The number of halogens is 1. The molecule has 0 amide bonds. The van der Waals surface area contributed by atoms with Crippen molar-refractivity contribution in [1.82, 2.24) is 14.9 Å². The van der Waals surface area contributed by atoms with Gasteiger partial charge in [0.25, 0.3) is 0 Å². The number of carbonyl (C=O) groups excluding carboxylic acids is 1. The van der Waals surface area contributed by atoms with Crippen LogP contribution in [-0.2, 0) is 11.3 Å². The number of esters is 1. The first-order chi connectivity index (χ1) is 15.1. The summed E-state index contributed by atoms with van der Waals surface area (Å²) in [5.74, 6) is 0.830. The number of piperidine rings is 1. The highest BCUT2D eigenvalue weighted by Gasteiger charge is 2.21. The number of ether oxygens (including phenoxy) is 1. The number of aromatic nitrogens is 2. The fraction of sp³-hybridized carbons (Fsp3) is 0.375. The molecule has 3 aromatic rings. The lowest BCUT2D eigenvalue weighted by atomic mass is 9.96. The third-order valence-electron chi connectivity index (χ3n) is 5.68. The molecule has 1 N–H and O–H groups in total. The predicted octanol–water partition coefficient (Wildman–Crippen LogP) is 4.78. The summed E-state index contributed by atoms with van der Waals surface area (Å²) in [4.78, 5) is 23.4. The van der Waals surface area contributed by atoms with Crippen molar-refractivity contribution in [2.45, 2.75) is 26.3 Å². The van der Waals surface area contributed by atoms with Gasteiger partial charge in [0.05, 0.1) is 12.1 Å². The van der Waals surface area contributed by atoms with Crippen LogP contribution in [0.3, 0.4) is 0 Å². The maximum absolute atomic E-state index is 12.2. The predicted molar refractivity (Wildman–Crippen MR) is 123 cm³/mol. The number of nitrogens with one attached hydrogen (secondary N) is 1. The van der Waals surface area contributed by atoms with E-state index in [9.17, 15) is 4.79 Å². The molecule has 7 heteroatoms. The molecular formula is C24H27ClN4O2. The van der Waals surface area contributed by atoms with Crippen molar-refractivity contribution >= 4 is 34.3 Å². The average molecular weight is 439 g/mol. The Hall–Kier alpha value is -2.70. The van der Waals surface area contributed by atoms with Gasteiger partial charge in [0.2, 0.25) is 5.82 Å². The maximum atomic E-state index is 12.2. The number of carbonyl (C=O) groups is 1. The Morgan fingerprint density at radius 1 is 1.13 bits per heavy atom. The summed E-state index contributed by atoms with van der Waals surface area (Å²) in [7, 11) is 0. The number of rotatable bonds is 7. The largest absolute Gasteiger partial charge is 0.460 e. The van der Waals surface area contributed by atoms with Crippen molar-refractivity contribution in [3.63, 3.8) is 0 Å². The second-order valence-corrected chi connectivity index (χ2v) is 8.23. The second-order valence-electron chi connectivity index (χ2n) is 7.83. The topological polar surface area (TPSA) is 67.3 Å². The van der Waals surface area contributed by atoms with E-state index in [4.69, 9.17) is 16.3 Å². The first-order valence-electron chi connectivity index (χ1n) is 10.8. The standard InChI is InChI=1S/C24H27ClN4O2/c1-2-31-24(30)23-27-21-10-6-4-8-19(21)22(28-23)26-15-17-11-13-29(14-12-17)16-18-7-3-5-9-20(18)25/h3-10,17H,2,11-16H2,1H3,(H,26,27,28). The Labute approximate surface area is 187 Å². The number of para-hydroxylation sites is 1. The molecule has 1 saturated heterocycles. The van der Waals surface area contributed by atoms with Crippen LogP contribution in [0.5, 0.6) is 0 Å². The molecule has 0 bridgehead atoms. The van der Waals surface area contributed by atoms with Gasteiger partial charge in [-0.05, 0) is 62.5 Å². The highest BCUT2D eigenvalue weighted by Crippen LogP contribution is 2.25. The zero-order chi connectivity index (χ0) is 21.6. The Kier molecular flexibility index (Phi) is 6.99. The van der Waals surface area contributed by atoms with Crippen LogP contribution in [-0.4, -0.2) is 47.1 Å². The van der Waals surface area contributed by atoms with Crippen LogP contribution in [0.15, 0.2) is 48.5 Å². The lowest BCUT2D eigenvalue weighted by molar-refractivity contribution is 0.0512. The van der Waals surface area contributed by atoms with E-state index in [-0.39, 0.29) is 5.82 Å². The Bertz CT molecular complexity index is 1050. The monoisotopic (exact) mass is 438 g/mol. The molecule has 2 heterocycles. The van der Waals surface area contributed by atoms with Crippen LogP contribution in [0, 0.1) is 5.92 Å². The van der Waals surface area contributed by atoms with Gasteiger partial charge in [0.1, 0.15) is 5.82 Å². The molecule has 162 valence electrons. The number of hydrogen-bond donors (Lipinski definition) is 1. The molecule has 1 aliphatic rings. The zero-order valence-corrected chi connectivity index (χ0v) is 18.4. The van der Waals surface area contributed by atoms with Crippen molar-refractivity contribution in [3.8, 4) is 0 Å². The first-order valence-corrected chi connectivity index (χ1v) is 11.2. The second kappa shape index (κ2) is 10.1. The van der Waals surface area contributed by atoms with E-state index in [0.29, 0.717) is 18.3 Å². The maximum Gasteiger partial charge on any atom is 0.376 e. The minimum absolute atomic E-state index is 0.0950. The number of nitrogens with zero attached hydrogens (tertiary/aromatic N) is 3. The summed E-state index contributed by atoms with van der Waals surface area (Å²) in [5, 5.41) is 5.21. The summed E-state index contributed by atoms with van der Waals surface area (Å²) in [6.45, 7) is 5.84. The van der Waals surface area contributed by atoms with Gasteiger partial charge in [-0.2, -0.15) is 0 Å². The summed E-state index contributed by atoms with van der Waals surface area (Å²) >= 11 is 6.31. The summed E-state index contributed by atoms with van der Waals surface area (Å²) in [5.41, 5.74) is 1.91. The van der Waals surface area contributed by atoms with Gasteiger partial charge in [0, 0.05) is 23.5 Å². The third kappa shape index (κ3) is 5.32. The van der Waals surface area contributed by atoms with E-state index >= 15 is 0 Å². The van der Waals surface area contributed by atoms with Gasteiger partial charge in [-0.25, -0.2) is 14.8 Å². The van der Waals surface area contributed by atoms with Crippen LogP contribution in [0.1, 0.15) is 35.9 Å². The van der Waals surface area contributed by atoms with E-state index < -0.39 is 5.97 Å². The van der Waals surface area contributed by atoms with Crippen molar-refractivity contribution in [2.24, 2.45) is 5.92 Å². The summed E-state index contributed by atoms with van der Waals surface area (Å²) < 4.78 is 5.09. The number of hydrogen-bond acceptors (Lipinski definition) is 6. The highest BCUT2D eigenvalue weighted by atomic mass is 35.5. The van der Waals surface area contributed by atoms with Crippen molar-refractivity contribution in [2.75, 3.05) is 31.6 Å². The van der Waals surface area contributed by atoms with E-state index in [2.05, 4.69) is 26.3 Å². The van der Waals surface area contributed by atoms with Gasteiger partial charge in [0.15, 0.2) is 0 Å². The van der Waals surface area contributed by atoms with Crippen LogP contribution in [0.4, 0.5) is 5.82 Å². The lowest BCUT2D eigenvalue weighted by Gasteiger charge is -2.32. The van der Waals surface area contributed by atoms with Gasteiger partial charge in [-0.3, -0.25) is 4.90 Å². The summed E-state index contributed by atoms with van der Waals surface area (Å²) in [6.07, 6.45) is 2.20. The lowest BCUT2D eigenvalue weighted by Crippen LogP contribution is -2.35. The zero-order valence-electron chi connectivity index (χ0n) is 17.7. The van der Waals surface area contributed by atoms with Gasteiger partial charge < -0.3 is 10.1 Å². The molecule has 0 unspecified atom stereocenters. The van der Waals surface area contributed by atoms with Crippen molar-refractivity contribution < 1.29 is 9.53 Å². The molecule has 0 saturated carbocycles. The Morgan fingerprint density at radius 3 is 2.65 bits per heavy atom. The number of anilines is 1. The van der Waals surface area contributed by atoms with Gasteiger partial charge in [-0.1, -0.05) is 41.9 Å². The molecule has 1 fully saturated rings. The molecule has 1 aliphatic heterocycles. The SMILES string of the molecule is CCOC(=O)c1nc(NCC2CCN(Cc3ccccc3Cl)CC2)c2ccccc2n1. The summed E-state index contributed by atoms with van der Waals surface area (Å²) in [6, 6.07) is 15.8. The smallest absolute Gasteiger partial charge is 0.376 e. The number of fused-ring (bicyclic) bond motifs is 1. The first kappa shape index (κ1) is 21.5. The Morgan fingerprint density at radius 2 is 1.87 bits per heavy atom. The van der Waals surface area contributed by atoms with Crippen molar-refractivity contribution in [3.05, 3.63) is 64.9 Å². The Balaban J connectivity index is 1.38. The van der Waals surface area contributed by atoms with Crippen LogP contribution < -0.4 is 5.32 Å². The highest BCUT2D eigenvalue weighted by molar-refractivity contribution is 6.31. The quantitative estimate of drug-likeness (QED) is 0.535. The van der Waals surface area contributed by atoms with E-state index in [0.717, 1.165) is 54.9 Å². The van der Waals surface area contributed by atoms with Crippen LogP contribution in [0.25, 0.3) is 10.9 Å². The minimum Gasteiger partial charge on any atom is -0.460 e.